The van der Waals surface area contributed by atoms with Gasteiger partial charge in [-0.05, 0) is 43.7 Å². The molecule has 0 bridgehead atoms. The predicted octanol–water partition coefficient (Wildman–Crippen LogP) is 6.41. The molecule has 1 aliphatic heterocycles. The minimum absolute atomic E-state index is 0.275. The first kappa shape index (κ1) is 19.9. The lowest BCUT2D eigenvalue weighted by Gasteiger charge is -2.08. The fourth-order valence-corrected chi connectivity index (χ4v) is 3.99. The first-order valence-electron chi connectivity index (χ1n) is 8.70. The minimum atomic E-state index is -0.770. The smallest absolute Gasteiger partial charge is 0.269 e. The van der Waals surface area contributed by atoms with Gasteiger partial charge in [0.25, 0.3) is 5.91 Å². The molecule has 0 aliphatic carbocycles. The van der Waals surface area contributed by atoms with Crippen molar-refractivity contribution in [2.45, 2.75) is 19.9 Å². The first-order valence-corrected chi connectivity index (χ1v) is 10.8. The molecule has 0 saturated carbocycles. The van der Waals surface area contributed by atoms with Crippen molar-refractivity contribution in [3.8, 4) is 11.3 Å². The molecule has 29 heavy (non-hydrogen) atoms. The average molecular weight is 489 g/mol. The third-order valence-electron chi connectivity index (χ3n) is 4.43. The molecule has 1 aliphatic rings. The van der Waals surface area contributed by atoms with E-state index in [0.717, 1.165) is 21.3 Å². The average Bonchev–Trinajstić information content (AvgIpc) is 3.29. The molecule has 0 fully saturated rings. The highest BCUT2D eigenvalue weighted by Crippen LogP contribution is 2.32. The van der Waals surface area contributed by atoms with E-state index in [9.17, 15) is 4.79 Å². The molecule has 1 atom stereocenters. The van der Waals surface area contributed by atoms with E-state index in [1.807, 2.05) is 36.6 Å². The molecule has 0 saturated heterocycles. The van der Waals surface area contributed by atoms with Gasteiger partial charge in [-0.3, -0.25) is 4.79 Å². The molecule has 1 aromatic heterocycles. The molecule has 2 aromatic carbocycles. The van der Waals surface area contributed by atoms with Crippen molar-refractivity contribution >= 4 is 61.3 Å². The Balaban J connectivity index is 1.56. The standard InChI is InChI=1S/C20H15BrClN5OS/c1-11-15(22)4-3-5-16(11)24-25-18-12(2)26-27(19(18)28)20-23-17(10-29-20)13-6-8-14(21)9-7-13/h3-10,18H,1-2H3/t18-/m1/s1. The third kappa shape index (κ3) is 4.01. The molecule has 0 N–H and O–H groups in total. The number of rotatable bonds is 4. The summed E-state index contributed by atoms with van der Waals surface area (Å²) < 4.78 is 0.995. The summed E-state index contributed by atoms with van der Waals surface area (Å²) in [4.78, 5) is 17.4. The molecular formula is C20H15BrClN5OS. The number of carbonyl (C=O) groups is 1. The Hall–Kier alpha value is -2.42. The Morgan fingerprint density at radius 1 is 1.17 bits per heavy atom. The summed E-state index contributed by atoms with van der Waals surface area (Å²) in [5, 5.41) is 17.1. The molecule has 6 nitrogen and oxygen atoms in total. The fraction of sp³-hybridized carbons (Fsp3) is 0.150. The summed E-state index contributed by atoms with van der Waals surface area (Å²) in [6.07, 6.45) is 0. The zero-order chi connectivity index (χ0) is 20.5. The van der Waals surface area contributed by atoms with Gasteiger partial charge in [0.05, 0.1) is 17.1 Å². The van der Waals surface area contributed by atoms with E-state index in [2.05, 4.69) is 36.2 Å². The van der Waals surface area contributed by atoms with Crippen LogP contribution in [0, 0.1) is 6.92 Å². The van der Waals surface area contributed by atoms with Crippen LogP contribution in [0.2, 0.25) is 5.02 Å². The Labute approximate surface area is 185 Å². The number of aromatic nitrogens is 1. The molecule has 0 spiro atoms. The van der Waals surface area contributed by atoms with Crippen molar-refractivity contribution in [2.24, 2.45) is 15.3 Å². The number of halogens is 2. The van der Waals surface area contributed by atoms with Crippen LogP contribution >= 0.6 is 38.9 Å². The number of nitrogens with zero attached hydrogens (tertiary/aromatic N) is 5. The number of hydrogen-bond acceptors (Lipinski definition) is 6. The zero-order valence-electron chi connectivity index (χ0n) is 15.5. The van der Waals surface area contributed by atoms with Gasteiger partial charge in [0.1, 0.15) is 0 Å². The maximum absolute atomic E-state index is 12.9. The molecule has 2 heterocycles. The Morgan fingerprint density at radius 2 is 1.93 bits per heavy atom. The Bertz CT molecular complexity index is 1140. The number of amides is 1. The van der Waals surface area contributed by atoms with Crippen LogP contribution in [0.4, 0.5) is 10.8 Å². The summed E-state index contributed by atoms with van der Waals surface area (Å²) in [5.74, 6) is -0.275. The summed E-state index contributed by atoms with van der Waals surface area (Å²) in [6.45, 7) is 3.62. The van der Waals surface area contributed by atoms with E-state index in [4.69, 9.17) is 11.6 Å². The van der Waals surface area contributed by atoms with Crippen molar-refractivity contribution in [1.29, 1.82) is 0 Å². The van der Waals surface area contributed by atoms with Crippen LogP contribution in [0.1, 0.15) is 12.5 Å². The number of hydrazone groups is 1. The van der Waals surface area contributed by atoms with E-state index in [1.165, 1.54) is 16.3 Å². The van der Waals surface area contributed by atoms with Gasteiger partial charge >= 0.3 is 0 Å². The van der Waals surface area contributed by atoms with E-state index >= 15 is 0 Å². The van der Waals surface area contributed by atoms with Gasteiger partial charge in [-0.25, -0.2) is 4.98 Å². The van der Waals surface area contributed by atoms with Crippen LogP contribution < -0.4 is 5.01 Å². The largest absolute Gasteiger partial charge is 0.282 e. The topological polar surface area (TPSA) is 70.3 Å². The second kappa shape index (κ2) is 8.14. The van der Waals surface area contributed by atoms with E-state index < -0.39 is 6.04 Å². The highest BCUT2D eigenvalue weighted by Gasteiger charge is 2.36. The van der Waals surface area contributed by atoms with Gasteiger partial charge in [-0.15, -0.1) is 11.3 Å². The molecule has 3 aromatic rings. The van der Waals surface area contributed by atoms with E-state index in [0.29, 0.717) is 21.6 Å². The number of carbonyl (C=O) groups excluding carboxylic acids is 1. The lowest BCUT2D eigenvalue weighted by molar-refractivity contribution is -0.117. The summed E-state index contributed by atoms with van der Waals surface area (Å²) >= 11 is 10.9. The highest BCUT2D eigenvalue weighted by molar-refractivity contribution is 9.10. The van der Waals surface area contributed by atoms with Crippen molar-refractivity contribution in [1.82, 2.24) is 4.98 Å². The molecule has 0 unspecified atom stereocenters. The van der Waals surface area contributed by atoms with Crippen molar-refractivity contribution in [2.75, 3.05) is 5.01 Å². The van der Waals surface area contributed by atoms with E-state index in [1.54, 1.807) is 25.1 Å². The van der Waals surface area contributed by atoms with Gasteiger partial charge in [-0.2, -0.15) is 20.3 Å². The monoisotopic (exact) mass is 487 g/mol. The number of benzene rings is 2. The Morgan fingerprint density at radius 3 is 2.69 bits per heavy atom. The molecule has 0 radical (unpaired) electrons. The molecule has 4 rings (SSSR count). The van der Waals surface area contributed by atoms with Crippen molar-refractivity contribution in [3.63, 3.8) is 0 Å². The molecule has 146 valence electrons. The quantitative estimate of drug-likeness (QED) is 0.398. The van der Waals surface area contributed by atoms with Crippen LogP contribution in [-0.2, 0) is 4.79 Å². The van der Waals surface area contributed by atoms with Crippen LogP contribution in [0.15, 0.2) is 67.6 Å². The van der Waals surface area contributed by atoms with Gasteiger partial charge in [0, 0.05) is 20.4 Å². The summed E-state index contributed by atoms with van der Waals surface area (Å²) in [5.41, 5.74) is 3.77. The van der Waals surface area contributed by atoms with Gasteiger partial charge < -0.3 is 0 Å². The number of hydrogen-bond donors (Lipinski definition) is 0. The molecular weight excluding hydrogens is 474 g/mol. The second-order valence-electron chi connectivity index (χ2n) is 6.42. The zero-order valence-corrected chi connectivity index (χ0v) is 18.7. The van der Waals surface area contributed by atoms with Crippen molar-refractivity contribution < 1.29 is 4.79 Å². The highest BCUT2D eigenvalue weighted by atomic mass is 79.9. The summed E-state index contributed by atoms with van der Waals surface area (Å²) in [7, 11) is 0. The number of azo groups is 1. The normalized spacial score (nSPS) is 16.7. The van der Waals surface area contributed by atoms with Gasteiger partial charge in [-0.1, -0.05) is 45.7 Å². The van der Waals surface area contributed by atoms with Crippen LogP contribution in [0.25, 0.3) is 11.3 Å². The second-order valence-corrected chi connectivity index (χ2v) is 8.58. The Kier molecular flexibility index (Phi) is 5.58. The lowest BCUT2D eigenvalue weighted by Crippen LogP contribution is -2.29. The minimum Gasteiger partial charge on any atom is -0.269 e. The lowest BCUT2D eigenvalue weighted by atomic mass is 10.2. The number of anilines is 1. The first-order chi connectivity index (χ1) is 13.9. The molecule has 1 amide bonds. The molecule has 9 heteroatoms. The maximum atomic E-state index is 12.9. The number of thiazole rings is 1. The fourth-order valence-electron chi connectivity index (χ4n) is 2.77. The van der Waals surface area contributed by atoms with Gasteiger partial charge in [0.2, 0.25) is 5.13 Å². The van der Waals surface area contributed by atoms with E-state index in [-0.39, 0.29) is 5.91 Å². The van der Waals surface area contributed by atoms with Crippen LogP contribution in [0.5, 0.6) is 0 Å². The van der Waals surface area contributed by atoms with Crippen LogP contribution in [0.3, 0.4) is 0 Å². The maximum Gasteiger partial charge on any atom is 0.282 e. The SMILES string of the molecule is CC1=NN(c2nc(-c3ccc(Br)cc3)cs2)C(=O)[C@@H]1N=Nc1cccc(Cl)c1C. The van der Waals surface area contributed by atoms with Gasteiger partial charge in [0.15, 0.2) is 6.04 Å². The summed E-state index contributed by atoms with van der Waals surface area (Å²) in [6, 6.07) is 12.5. The van der Waals surface area contributed by atoms with Crippen LogP contribution in [-0.4, -0.2) is 22.6 Å². The third-order valence-corrected chi connectivity index (χ3v) is 6.18. The van der Waals surface area contributed by atoms with Crippen molar-refractivity contribution in [3.05, 3.63) is 62.9 Å². The predicted molar refractivity (Wildman–Crippen MR) is 120 cm³/mol.